The second kappa shape index (κ2) is 8.71. The SMILES string of the molecule is CCOCC(=O)N[C@H]1C[C@H]2C(=O)NC[C@@H](Cc3nnc(-c4ccccc4)o3)N2C1. The lowest BCUT2D eigenvalue weighted by Gasteiger charge is -2.36. The lowest BCUT2D eigenvalue weighted by molar-refractivity contribution is -0.129. The van der Waals surface area contributed by atoms with Crippen LogP contribution in [0.1, 0.15) is 19.2 Å². The second-order valence-electron chi connectivity index (χ2n) is 7.32. The van der Waals surface area contributed by atoms with Crippen molar-refractivity contribution in [2.75, 3.05) is 26.3 Å². The molecule has 3 atom stereocenters. The summed E-state index contributed by atoms with van der Waals surface area (Å²) in [7, 11) is 0. The first-order chi connectivity index (χ1) is 14.1. The minimum absolute atomic E-state index is 0.00156. The normalized spacial score (nSPS) is 24.2. The summed E-state index contributed by atoms with van der Waals surface area (Å²) in [6, 6.07) is 9.31. The summed E-state index contributed by atoms with van der Waals surface area (Å²) in [6.07, 6.45) is 1.12. The molecule has 9 heteroatoms. The molecule has 0 unspecified atom stereocenters. The molecule has 2 aliphatic heterocycles. The van der Waals surface area contributed by atoms with Gasteiger partial charge in [-0.1, -0.05) is 18.2 Å². The molecule has 2 amide bonds. The molecule has 2 N–H and O–H groups in total. The third-order valence-corrected chi connectivity index (χ3v) is 5.32. The zero-order valence-corrected chi connectivity index (χ0v) is 16.3. The number of fused-ring (bicyclic) bond motifs is 1. The quantitative estimate of drug-likeness (QED) is 0.692. The highest BCUT2D eigenvalue weighted by atomic mass is 16.5. The number of ether oxygens (including phenoxy) is 1. The highest BCUT2D eigenvalue weighted by Gasteiger charge is 2.44. The molecule has 2 aliphatic rings. The summed E-state index contributed by atoms with van der Waals surface area (Å²) in [6.45, 7) is 3.50. The Morgan fingerprint density at radius 2 is 2.17 bits per heavy atom. The van der Waals surface area contributed by atoms with Gasteiger partial charge < -0.3 is 19.8 Å². The number of piperazine rings is 1. The van der Waals surface area contributed by atoms with Gasteiger partial charge in [-0.15, -0.1) is 10.2 Å². The Labute approximate surface area is 168 Å². The molecule has 0 saturated carbocycles. The van der Waals surface area contributed by atoms with Crippen molar-refractivity contribution in [3.63, 3.8) is 0 Å². The minimum Gasteiger partial charge on any atom is -0.421 e. The molecule has 2 saturated heterocycles. The molecule has 9 nitrogen and oxygen atoms in total. The Balaban J connectivity index is 1.40. The molecule has 2 fully saturated rings. The van der Waals surface area contributed by atoms with Gasteiger partial charge in [0.15, 0.2) is 0 Å². The van der Waals surface area contributed by atoms with Crippen LogP contribution in [0.15, 0.2) is 34.7 Å². The van der Waals surface area contributed by atoms with Crippen molar-refractivity contribution in [2.45, 2.75) is 37.9 Å². The van der Waals surface area contributed by atoms with Crippen LogP contribution in [0.4, 0.5) is 0 Å². The molecule has 3 heterocycles. The lowest BCUT2D eigenvalue weighted by atomic mass is 10.1. The van der Waals surface area contributed by atoms with E-state index in [0.717, 1.165) is 5.56 Å². The van der Waals surface area contributed by atoms with E-state index >= 15 is 0 Å². The van der Waals surface area contributed by atoms with Gasteiger partial charge in [0.25, 0.3) is 0 Å². The third kappa shape index (κ3) is 4.46. The van der Waals surface area contributed by atoms with E-state index in [1.54, 1.807) is 0 Å². The van der Waals surface area contributed by atoms with E-state index in [0.29, 0.717) is 44.3 Å². The number of amides is 2. The molecule has 154 valence electrons. The van der Waals surface area contributed by atoms with E-state index in [-0.39, 0.29) is 36.5 Å². The Bertz CT molecular complexity index is 856. The third-order valence-electron chi connectivity index (χ3n) is 5.32. The number of aromatic nitrogens is 2. The minimum atomic E-state index is -0.261. The van der Waals surface area contributed by atoms with E-state index in [2.05, 4.69) is 25.7 Å². The number of carbonyl (C=O) groups is 2. The predicted octanol–water partition coefficient (Wildman–Crippen LogP) is 0.373. The van der Waals surface area contributed by atoms with Gasteiger partial charge in [0.2, 0.25) is 23.6 Å². The van der Waals surface area contributed by atoms with Crippen LogP contribution in [0, 0.1) is 0 Å². The second-order valence-corrected chi connectivity index (χ2v) is 7.32. The zero-order chi connectivity index (χ0) is 20.2. The first kappa shape index (κ1) is 19.5. The Morgan fingerprint density at radius 3 is 2.97 bits per heavy atom. The van der Waals surface area contributed by atoms with Gasteiger partial charge in [-0.25, -0.2) is 0 Å². The van der Waals surface area contributed by atoms with Crippen molar-refractivity contribution < 1.29 is 18.7 Å². The summed E-state index contributed by atoms with van der Waals surface area (Å²) in [5.41, 5.74) is 0.874. The van der Waals surface area contributed by atoms with Gasteiger partial charge in [-0.2, -0.15) is 0 Å². The Morgan fingerprint density at radius 1 is 1.34 bits per heavy atom. The van der Waals surface area contributed by atoms with Crippen LogP contribution in [0.5, 0.6) is 0 Å². The van der Waals surface area contributed by atoms with Crippen molar-refractivity contribution in [3.8, 4) is 11.5 Å². The summed E-state index contributed by atoms with van der Waals surface area (Å²) >= 11 is 0. The fraction of sp³-hybridized carbons (Fsp3) is 0.500. The molecular weight excluding hydrogens is 374 g/mol. The van der Waals surface area contributed by atoms with Crippen molar-refractivity contribution in [1.29, 1.82) is 0 Å². The smallest absolute Gasteiger partial charge is 0.247 e. The van der Waals surface area contributed by atoms with Gasteiger partial charge in [-0.3, -0.25) is 14.5 Å². The van der Waals surface area contributed by atoms with Gasteiger partial charge in [-0.05, 0) is 25.5 Å². The average Bonchev–Trinajstić information content (AvgIpc) is 3.37. The zero-order valence-electron chi connectivity index (χ0n) is 16.3. The number of nitrogens with one attached hydrogen (secondary N) is 2. The lowest BCUT2D eigenvalue weighted by Crippen LogP contribution is -2.58. The molecule has 2 aromatic rings. The predicted molar refractivity (Wildman–Crippen MR) is 104 cm³/mol. The van der Waals surface area contributed by atoms with Crippen LogP contribution in [-0.2, 0) is 20.7 Å². The summed E-state index contributed by atoms with van der Waals surface area (Å²) in [5.74, 6) is 0.864. The Hall–Kier alpha value is -2.78. The largest absolute Gasteiger partial charge is 0.421 e. The fourth-order valence-corrected chi connectivity index (χ4v) is 3.97. The molecule has 1 aromatic carbocycles. The fourth-order valence-electron chi connectivity index (χ4n) is 3.97. The number of rotatable bonds is 7. The number of nitrogens with zero attached hydrogens (tertiary/aromatic N) is 3. The van der Waals surface area contributed by atoms with Crippen LogP contribution in [0.25, 0.3) is 11.5 Å². The van der Waals surface area contributed by atoms with Crippen molar-refractivity contribution in [2.24, 2.45) is 0 Å². The van der Waals surface area contributed by atoms with Gasteiger partial charge in [0.05, 0.1) is 6.04 Å². The standard InChI is InChI=1S/C20H25N5O4/c1-2-28-12-17(26)22-14-8-16-19(27)21-10-15(25(16)11-14)9-18-23-24-20(29-18)13-6-4-3-5-7-13/h3-7,14-16H,2,8-12H2,1H3,(H,21,27)(H,22,26)/t14-,15+,16-/m0/s1. The van der Waals surface area contributed by atoms with E-state index in [1.807, 2.05) is 37.3 Å². The van der Waals surface area contributed by atoms with E-state index in [1.165, 1.54) is 0 Å². The van der Waals surface area contributed by atoms with Gasteiger partial charge in [0, 0.05) is 43.8 Å². The highest BCUT2D eigenvalue weighted by Crippen LogP contribution is 2.26. The summed E-state index contributed by atoms with van der Waals surface area (Å²) in [5, 5.41) is 14.2. The monoisotopic (exact) mass is 399 g/mol. The molecule has 1 aromatic heterocycles. The molecule has 0 bridgehead atoms. The van der Waals surface area contributed by atoms with E-state index in [4.69, 9.17) is 9.15 Å². The van der Waals surface area contributed by atoms with Crippen LogP contribution >= 0.6 is 0 Å². The van der Waals surface area contributed by atoms with Gasteiger partial charge >= 0.3 is 0 Å². The van der Waals surface area contributed by atoms with Gasteiger partial charge in [0.1, 0.15) is 6.61 Å². The topological polar surface area (TPSA) is 110 Å². The molecular formula is C20H25N5O4. The molecule has 0 radical (unpaired) electrons. The van der Waals surface area contributed by atoms with Crippen molar-refractivity contribution >= 4 is 11.8 Å². The number of hydrogen-bond acceptors (Lipinski definition) is 7. The summed E-state index contributed by atoms with van der Waals surface area (Å²) in [4.78, 5) is 26.4. The molecule has 0 aliphatic carbocycles. The molecule has 0 spiro atoms. The first-order valence-electron chi connectivity index (χ1n) is 9.92. The first-order valence-corrected chi connectivity index (χ1v) is 9.92. The van der Waals surface area contributed by atoms with E-state index < -0.39 is 0 Å². The summed E-state index contributed by atoms with van der Waals surface area (Å²) < 4.78 is 11.0. The maximum absolute atomic E-state index is 12.3. The molecule has 29 heavy (non-hydrogen) atoms. The van der Waals surface area contributed by atoms with E-state index in [9.17, 15) is 9.59 Å². The van der Waals surface area contributed by atoms with Crippen molar-refractivity contribution in [1.82, 2.24) is 25.7 Å². The Kier molecular flexibility index (Phi) is 5.86. The van der Waals surface area contributed by atoms with Crippen molar-refractivity contribution in [3.05, 3.63) is 36.2 Å². The van der Waals surface area contributed by atoms with Crippen LogP contribution in [-0.4, -0.2) is 71.3 Å². The van der Waals surface area contributed by atoms with Crippen LogP contribution < -0.4 is 10.6 Å². The van der Waals surface area contributed by atoms with Crippen LogP contribution in [0.2, 0.25) is 0 Å². The van der Waals surface area contributed by atoms with Crippen LogP contribution in [0.3, 0.4) is 0 Å². The number of benzene rings is 1. The molecule has 4 rings (SSSR count). The average molecular weight is 399 g/mol. The maximum Gasteiger partial charge on any atom is 0.247 e. The number of carbonyl (C=O) groups excluding carboxylic acids is 2. The number of hydrogen-bond donors (Lipinski definition) is 2. The maximum atomic E-state index is 12.3. The highest BCUT2D eigenvalue weighted by molar-refractivity contribution is 5.83.